The molecular weight excluding hydrogens is 230 g/mol. The third kappa shape index (κ3) is 3.85. The van der Waals surface area contributed by atoms with Gasteiger partial charge in [0.15, 0.2) is 0 Å². The van der Waals surface area contributed by atoms with Crippen LogP contribution in [-0.2, 0) is 4.79 Å². The molecule has 0 saturated heterocycles. The van der Waals surface area contributed by atoms with Crippen LogP contribution >= 0.6 is 0 Å². The number of imide groups is 1. The Bertz CT molecular complexity index is 446. The molecule has 1 rings (SSSR count). The third-order valence-electron chi connectivity index (χ3n) is 2.79. The summed E-state index contributed by atoms with van der Waals surface area (Å²) in [6.07, 6.45) is 0. The van der Waals surface area contributed by atoms with Gasteiger partial charge in [-0.05, 0) is 31.9 Å². The van der Waals surface area contributed by atoms with Gasteiger partial charge in [-0.15, -0.1) is 0 Å². The van der Waals surface area contributed by atoms with Gasteiger partial charge >= 0.3 is 6.03 Å². The largest absolute Gasteiger partial charge is 0.351 e. The summed E-state index contributed by atoms with van der Waals surface area (Å²) in [5.74, 6) is -0.428. The van der Waals surface area contributed by atoms with Crippen LogP contribution < -0.4 is 16.4 Å². The number of nitrogens with two attached hydrogens (primary N) is 1. The Balaban J connectivity index is 2.65. The van der Waals surface area contributed by atoms with E-state index >= 15 is 0 Å². The molecule has 0 aromatic heterocycles. The number of nitrogens with one attached hydrogen (secondary N) is 2. The summed E-state index contributed by atoms with van der Waals surface area (Å²) in [4.78, 5) is 22.1. The summed E-state index contributed by atoms with van der Waals surface area (Å²) in [7, 11) is 0. The van der Waals surface area contributed by atoms with Crippen LogP contribution in [0.1, 0.15) is 31.0 Å². The van der Waals surface area contributed by atoms with Gasteiger partial charge in [0.05, 0.1) is 6.04 Å². The summed E-state index contributed by atoms with van der Waals surface area (Å²) in [5, 5.41) is 5.17. The fourth-order valence-electron chi connectivity index (χ4n) is 1.84. The maximum absolute atomic E-state index is 11.5. The second-order valence-electron chi connectivity index (χ2n) is 4.32. The van der Waals surface area contributed by atoms with Crippen molar-refractivity contribution in [1.29, 1.82) is 0 Å². The van der Waals surface area contributed by atoms with Gasteiger partial charge < -0.3 is 5.73 Å². The summed E-state index contributed by atoms with van der Waals surface area (Å²) < 4.78 is 0. The molecule has 0 spiro atoms. The molecule has 0 aliphatic carbocycles. The van der Waals surface area contributed by atoms with Gasteiger partial charge in [0.2, 0.25) is 5.91 Å². The molecule has 3 amide bonds. The van der Waals surface area contributed by atoms with Gasteiger partial charge in [-0.3, -0.25) is 15.4 Å². The van der Waals surface area contributed by atoms with Crippen molar-refractivity contribution in [3.05, 3.63) is 35.4 Å². The molecule has 2 atom stereocenters. The Hall–Kier alpha value is -1.88. The highest BCUT2D eigenvalue weighted by Crippen LogP contribution is 2.17. The van der Waals surface area contributed by atoms with Crippen molar-refractivity contribution in [3.8, 4) is 0 Å². The van der Waals surface area contributed by atoms with E-state index in [0.717, 1.165) is 11.1 Å². The second-order valence-corrected chi connectivity index (χ2v) is 4.32. The number of hydrogen-bond donors (Lipinski definition) is 3. The molecule has 0 heterocycles. The van der Waals surface area contributed by atoms with Crippen LogP contribution in [0.25, 0.3) is 0 Å². The number of carbonyl (C=O) groups excluding carboxylic acids is 2. The summed E-state index contributed by atoms with van der Waals surface area (Å²) in [5.41, 5.74) is 7.17. The maximum atomic E-state index is 11.5. The van der Waals surface area contributed by atoms with E-state index in [0.29, 0.717) is 0 Å². The fraction of sp³-hybridized carbons (Fsp3) is 0.385. The molecule has 4 N–H and O–H groups in total. The zero-order valence-corrected chi connectivity index (χ0v) is 10.9. The van der Waals surface area contributed by atoms with Crippen LogP contribution in [0.4, 0.5) is 4.79 Å². The average Bonchev–Trinajstić information content (AvgIpc) is 2.28. The Morgan fingerprint density at radius 3 is 2.39 bits per heavy atom. The number of benzene rings is 1. The van der Waals surface area contributed by atoms with Crippen LogP contribution in [0.3, 0.4) is 0 Å². The minimum Gasteiger partial charge on any atom is -0.351 e. The first kappa shape index (κ1) is 14.2. The highest BCUT2D eigenvalue weighted by molar-refractivity contribution is 5.96. The zero-order chi connectivity index (χ0) is 13.7. The Morgan fingerprint density at radius 1 is 1.22 bits per heavy atom. The quantitative estimate of drug-likeness (QED) is 0.750. The van der Waals surface area contributed by atoms with E-state index in [1.54, 1.807) is 6.92 Å². The van der Waals surface area contributed by atoms with E-state index in [9.17, 15) is 9.59 Å². The van der Waals surface area contributed by atoms with E-state index in [1.165, 1.54) is 0 Å². The average molecular weight is 249 g/mol. The van der Waals surface area contributed by atoms with Crippen LogP contribution in [0.5, 0.6) is 0 Å². The molecule has 18 heavy (non-hydrogen) atoms. The molecule has 98 valence electrons. The highest BCUT2D eigenvalue weighted by Gasteiger charge is 2.17. The third-order valence-corrected chi connectivity index (χ3v) is 2.79. The normalized spacial score (nSPS) is 13.7. The number of urea groups is 1. The predicted octanol–water partition coefficient (Wildman–Crippen LogP) is 1.23. The van der Waals surface area contributed by atoms with Crippen LogP contribution in [0.15, 0.2) is 24.3 Å². The summed E-state index contributed by atoms with van der Waals surface area (Å²) in [6.45, 7) is 5.67. The lowest BCUT2D eigenvalue weighted by Gasteiger charge is -2.20. The molecule has 0 saturated carbocycles. The van der Waals surface area contributed by atoms with Crippen LogP contribution in [-0.4, -0.2) is 18.0 Å². The molecule has 1 aromatic rings. The van der Waals surface area contributed by atoms with Crippen molar-refractivity contribution >= 4 is 11.9 Å². The lowest BCUT2D eigenvalue weighted by Crippen LogP contribution is -2.47. The van der Waals surface area contributed by atoms with E-state index in [1.807, 2.05) is 38.1 Å². The Kier molecular flexibility index (Phi) is 4.85. The molecule has 0 aliphatic heterocycles. The number of amides is 3. The van der Waals surface area contributed by atoms with Crippen molar-refractivity contribution in [1.82, 2.24) is 10.6 Å². The molecule has 1 unspecified atom stereocenters. The molecular formula is C13H19N3O2. The SMILES string of the molecule is Cc1ccccc1[C@@H](C)NC(C)C(=O)NC(N)=O. The zero-order valence-electron chi connectivity index (χ0n) is 10.9. The minimum absolute atomic E-state index is 0.0137. The van der Waals surface area contributed by atoms with Crippen LogP contribution in [0.2, 0.25) is 0 Å². The van der Waals surface area contributed by atoms with E-state index in [4.69, 9.17) is 5.73 Å². The Labute approximate surface area is 107 Å². The number of rotatable bonds is 4. The van der Waals surface area contributed by atoms with Gasteiger partial charge in [0.25, 0.3) is 0 Å². The van der Waals surface area contributed by atoms with E-state index < -0.39 is 18.0 Å². The van der Waals surface area contributed by atoms with Crippen molar-refractivity contribution in [3.63, 3.8) is 0 Å². The smallest absolute Gasteiger partial charge is 0.318 e. The van der Waals surface area contributed by atoms with Crippen molar-refractivity contribution in [2.45, 2.75) is 32.9 Å². The van der Waals surface area contributed by atoms with Crippen LogP contribution in [0, 0.1) is 6.92 Å². The number of primary amides is 1. The molecule has 0 bridgehead atoms. The first-order valence-corrected chi connectivity index (χ1v) is 5.83. The van der Waals surface area contributed by atoms with Crippen molar-refractivity contribution in [2.75, 3.05) is 0 Å². The summed E-state index contributed by atoms with van der Waals surface area (Å²) >= 11 is 0. The van der Waals surface area contributed by atoms with Gasteiger partial charge in [0, 0.05) is 6.04 Å². The number of hydrogen-bond acceptors (Lipinski definition) is 3. The molecule has 0 aliphatic rings. The number of aryl methyl sites for hydroxylation is 1. The minimum atomic E-state index is -0.836. The van der Waals surface area contributed by atoms with Gasteiger partial charge in [-0.2, -0.15) is 0 Å². The van der Waals surface area contributed by atoms with Crippen molar-refractivity contribution < 1.29 is 9.59 Å². The molecule has 5 nitrogen and oxygen atoms in total. The van der Waals surface area contributed by atoms with Gasteiger partial charge in [0.1, 0.15) is 0 Å². The lowest BCUT2D eigenvalue weighted by molar-refractivity contribution is -0.121. The summed E-state index contributed by atoms with van der Waals surface area (Å²) in [6, 6.07) is 6.63. The first-order valence-electron chi connectivity index (χ1n) is 5.83. The Morgan fingerprint density at radius 2 is 1.83 bits per heavy atom. The standard InChI is InChI=1S/C13H19N3O2/c1-8-6-4-5-7-11(8)9(2)15-10(3)12(17)16-13(14)18/h4-7,9-10,15H,1-3H3,(H3,14,16,17,18)/t9-,10?/m1/s1. The monoisotopic (exact) mass is 249 g/mol. The van der Waals surface area contributed by atoms with Crippen molar-refractivity contribution in [2.24, 2.45) is 5.73 Å². The molecule has 0 fully saturated rings. The molecule has 0 radical (unpaired) electrons. The maximum Gasteiger partial charge on any atom is 0.318 e. The molecule has 5 heteroatoms. The topological polar surface area (TPSA) is 84.2 Å². The number of carbonyl (C=O) groups is 2. The first-order chi connectivity index (χ1) is 8.41. The second kappa shape index (κ2) is 6.16. The fourth-order valence-corrected chi connectivity index (χ4v) is 1.84. The van der Waals surface area contributed by atoms with E-state index in [2.05, 4.69) is 10.6 Å². The van der Waals surface area contributed by atoms with E-state index in [-0.39, 0.29) is 6.04 Å². The van der Waals surface area contributed by atoms with Gasteiger partial charge in [-0.25, -0.2) is 4.79 Å². The lowest BCUT2D eigenvalue weighted by atomic mass is 10.0. The predicted molar refractivity (Wildman–Crippen MR) is 69.9 cm³/mol. The highest BCUT2D eigenvalue weighted by atomic mass is 16.2. The molecule has 1 aromatic carbocycles. The van der Waals surface area contributed by atoms with Gasteiger partial charge in [-0.1, -0.05) is 24.3 Å².